The lowest BCUT2D eigenvalue weighted by Crippen LogP contribution is -2.24. The van der Waals surface area contributed by atoms with Crippen LogP contribution < -0.4 is 5.69 Å². The highest BCUT2D eigenvalue weighted by molar-refractivity contribution is 5.39. The quantitative estimate of drug-likeness (QED) is 0.567. The van der Waals surface area contributed by atoms with E-state index in [2.05, 4.69) is 15.4 Å². The van der Waals surface area contributed by atoms with Gasteiger partial charge in [0.1, 0.15) is 5.65 Å². The topological polar surface area (TPSA) is 70.0 Å². The normalized spacial score (nSPS) is 11.1. The Labute approximate surface area is 125 Å². The highest BCUT2D eigenvalue weighted by atomic mass is 16.2. The molecule has 4 rings (SSSR count). The molecule has 0 aliphatic carbocycles. The molecule has 7 nitrogen and oxygen atoms in total. The molecule has 0 amide bonds. The second-order valence-corrected chi connectivity index (χ2v) is 4.86. The summed E-state index contributed by atoms with van der Waals surface area (Å²) in [7, 11) is 0. The molecule has 0 spiro atoms. The minimum absolute atomic E-state index is 0.285. The van der Waals surface area contributed by atoms with E-state index in [9.17, 15) is 4.79 Å². The van der Waals surface area contributed by atoms with Crippen LogP contribution in [0.25, 0.3) is 11.3 Å². The number of para-hydroxylation sites is 1. The maximum absolute atomic E-state index is 12.4. The van der Waals surface area contributed by atoms with Gasteiger partial charge in [-0.15, -0.1) is 0 Å². The van der Waals surface area contributed by atoms with Crippen LogP contribution in [0.2, 0.25) is 0 Å². The zero-order valence-electron chi connectivity index (χ0n) is 11.6. The highest BCUT2D eigenvalue weighted by Gasteiger charge is 2.10. The Morgan fingerprint density at radius 1 is 0.955 bits per heavy atom. The van der Waals surface area contributed by atoms with E-state index in [1.54, 1.807) is 0 Å². The van der Waals surface area contributed by atoms with Crippen LogP contribution in [0.3, 0.4) is 0 Å². The van der Waals surface area contributed by atoms with Gasteiger partial charge in [-0.3, -0.25) is 0 Å². The Morgan fingerprint density at radius 2 is 1.77 bits per heavy atom. The van der Waals surface area contributed by atoms with Crippen LogP contribution in [0.5, 0.6) is 0 Å². The molecule has 22 heavy (non-hydrogen) atoms. The third-order valence-corrected chi connectivity index (χ3v) is 3.37. The molecule has 0 atom stereocenters. The summed E-state index contributed by atoms with van der Waals surface area (Å²) >= 11 is 0. The first-order valence-electron chi connectivity index (χ1n) is 6.82. The summed E-state index contributed by atoms with van der Waals surface area (Å²) in [5.74, 6) is 0. The number of imidazole rings is 1. The van der Waals surface area contributed by atoms with Crippen molar-refractivity contribution in [2.45, 2.75) is 6.54 Å². The standard InChI is InChI=1S/C15H12N6O/c22-15-20(17-18-21(15)13-6-2-1-3-7-13)11-12-10-19-9-5-4-8-14(19)16-12/h1-10H,11H2. The lowest BCUT2D eigenvalue weighted by atomic mass is 10.3. The summed E-state index contributed by atoms with van der Waals surface area (Å²) in [5.41, 5.74) is 1.99. The summed E-state index contributed by atoms with van der Waals surface area (Å²) in [4.78, 5) is 16.8. The van der Waals surface area contributed by atoms with Crippen LogP contribution >= 0.6 is 0 Å². The van der Waals surface area contributed by atoms with Crippen LogP contribution in [0.1, 0.15) is 5.69 Å². The molecular formula is C15H12N6O. The second kappa shape index (κ2) is 4.96. The minimum atomic E-state index is -0.289. The van der Waals surface area contributed by atoms with Crippen LogP contribution in [-0.2, 0) is 6.54 Å². The van der Waals surface area contributed by atoms with Crippen LogP contribution in [0.15, 0.2) is 65.7 Å². The van der Waals surface area contributed by atoms with Gasteiger partial charge in [-0.25, -0.2) is 9.78 Å². The number of benzene rings is 1. The highest BCUT2D eigenvalue weighted by Crippen LogP contribution is 2.05. The van der Waals surface area contributed by atoms with Crippen molar-refractivity contribution in [3.63, 3.8) is 0 Å². The van der Waals surface area contributed by atoms with Gasteiger partial charge in [0.25, 0.3) is 0 Å². The Balaban J connectivity index is 1.69. The van der Waals surface area contributed by atoms with Crippen molar-refractivity contribution >= 4 is 5.65 Å². The molecule has 0 saturated carbocycles. The fourth-order valence-corrected chi connectivity index (χ4v) is 2.32. The average Bonchev–Trinajstić information content (AvgIpc) is 3.12. The van der Waals surface area contributed by atoms with Crippen molar-refractivity contribution in [1.82, 2.24) is 29.2 Å². The van der Waals surface area contributed by atoms with Crippen molar-refractivity contribution in [2.24, 2.45) is 0 Å². The molecule has 3 heterocycles. The largest absolute Gasteiger partial charge is 0.368 e. The number of pyridine rings is 1. The van der Waals surface area contributed by atoms with Gasteiger partial charge < -0.3 is 4.40 Å². The molecule has 108 valence electrons. The van der Waals surface area contributed by atoms with E-state index in [4.69, 9.17) is 0 Å². The van der Waals surface area contributed by atoms with E-state index in [0.29, 0.717) is 5.69 Å². The van der Waals surface area contributed by atoms with Crippen LogP contribution in [0.4, 0.5) is 0 Å². The fourth-order valence-electron chi connectivity index (χ4n) is 2.32. The molecule has 3 aromatic heterocycles. The molecule has 7 heteroatoms. The zero-order chi connectivity index (χ0) is 14.9. The number of aromatic nitrogens is 6. The molecule has 0 unspecified atom stereocenters. The van der Waals surface area contributed by atoms with E-state index in [-0.39, 0.29) is 12.2 Å². The number of hydrogen-bond donors (Lipinski definition) is 0. The van der Waals surface area contributed by atoms with Gasteiger partial charge >= 0.3 is 5.69 Å². The monoisotopic (exact) mass is 292 g/mol. The molecule has 0 bridgehead atoms. The van der Waals surface area contributed by atoms with Gasteiger partial charge in [0.15, 0.2) is 0 Å². The summed E-state index contributed by atoms with van der Waals surface area (Å²) in [5, 5.41) is 7.84. The van der Waals surface area contributed by atoms with Crippen molar-refractivity contribution < 1.29 is 0 Å². The predicted octanol–water partition coefficient (Wildman–Crippen LogP) is 1.12. The van der Waals surface area contributed by atoms with Crippen molar-refractivity contribution in [3.05, 3.63) is 77.1 Å². The number of tetrazole rings is 1. The molecule has 0 aliphatic rings. The Kier molecular flexibility index (Phi) is 2.82. The Morgan fingerprint density at radius 3 is 2.59 bits per heavy atom. The van der Waals surface area contributed by atoms with Gasteiger partial charge in [-0.2, -0.15) is 9.36 Å². The van der Waals surface area contributed by atoms with Gasteiger partial charge in [-0.05, 0) is 34.7 Å². The second-order valence-electron chi connectivity index (χ2n) is 4.86. The molecule has 0 saturated heterocycles. The minimum Gasteiger partial charge on any atom is -0.307 e. The number of hydrogen-bond acceptors (Lipinski definition) is 4. The summed E-state index contributed by atoms with van der Waals surface area (Å²) in [6, 6.07) is 15.0. The van der Waals surface area contributed by atoms with E-state index < -0.39 is 0 Å². The average molecular weight is 292 g/mol. The van der Waals surface area contributed by atoms with Crippen LogP contribution in [0, 0.1) is 0 Å². The SMILES string of the molecule is O=c1n(Cc2cn3ccccc3n2)nnn1-c1ccccc1. The van der Waals surface area contributed by atoms with Gasteiger partial charge in [0.05, 0.1) is 17.9 Å². The van der Waals surface area contributed by atoms with E-state index in [0.717, 1.165) is 11.3 Å². The summed E-state index contributed by atoms with van der Waals surface area (Å²) in [6.45, 7) is 0.285. The summed E-state index contributed by atoms with van der Waals surface area (Å²) < 4.78 is 4.48. The molecule has 0 N–H and O–H groups in total. The maximum atomic E-state index is 12.4. The van der Waals surface area contributed by atoms with Crippen LogP contribution in [-0.4, -0.2) is 29.2 Å². The molecule has 0 radical (unpaired) electrons. The fraction of sp³-hybridized carbons (Fsp3) is 0.0667. The van der Waals surface area contributed by atoms with Gasteiger partial charge in [0, 0.05) is 12.4 Å². The molecule has 1 aromatic carbocycles. The first-order valence-corrected chi connectivity index (χ1v) is 6.82. The maximum Gasteiger partial charge on any atom is 0.368 e. The van der Waals surface area contributed by atoms with Crippen molar-refractivity contribution in [3.8, 4) is 5.69 Å². The van der Waals surface area contributed by atoms with E-state index in [1.807, 2.05) is 65.3 Å². The van der Waals surface area contributed by atoms with Gasteiger partial charge in [-0.1, -0.05) is 24.3 Å². The van der Waals surface area contributed by atoms with Crippen molar-refractivity contribution in [1.29, 1.82) is 0 Å². The Hall–Kier alpha value is -3.22. The number of fused-ring (bicyclic) bond motifs is 1. The Bertz CT molecular complexity index is 949. The third kappa shape index (κ3) is 2.08. The van der Waals surface area contributed by atoms with Gasteiger partial charge in [0.2, 0.25) is 0 Å². The van der Waals surface area contributed by atoms with Crippen molar-refractivity contribution in [2.75, 3.05) is 0 Å². The molecule has 4 aromatic rings. The lowest BCUT2D eigenvalue weighted by Gasteiger charge is -1.96. The molecule has 0 aliphatic heterocycles. The zero-order valence-corrected chi connectivity index (χ0v) is 11.6. The summed E-state index contributed by atoms with van der Waals surface area (Å²) in [6.07, 6.45) is 3.79. The third-order valence-electron chi connectivity index (χ3n) is 3.37. The first kappa shape index (κ1) is 12.5. The number of rotatable bonds is 3. The first-order chi connectivity index (χ1) is 10.8. The van der Waals surface area contributed by atoms with E-state index >= 15 is 0 Å². The smallest absolute Gasteiger partial charge is 0.307 e. The molecule has 0 fully saturated rings. The predicted molar refractivity (Wildman–Crippen MR) is 79.9 cm³/mol. The molecular weight excluding hydrogens is 280 g/mol. The lowest BCUT2D eigenvalue weighted by molar-refractivity contribution is 0.624. The van der Waals surface area contributed by atoms with E-state index in [1.165, 1.54) is 9.36 Å². The number of nitrogens with zero attached hydrogens (tertiary/aromatic N) is 6.